The molecule has 2 aromatic carbocycles. The zero-order valence-electron chi connectivity index (χ0n) is 18.6. The highest BCUT2D eigenvalue weighted by molar-refractivity contribution is 5.95. The number of rotatable bonds is 9. The molecule has 0 spiro atoms. The third kappa shape index (κ3) is 5.38. The number of para-hydroxylation sites is 1. The number of carbonyl (C=O) groups excluding carboxylic acids is 2. The van der Waals surface area contributed by atoms with Crippen molar-refractivity contribution in [3.8, 4) is 17.6 Å². The third-order valence-electron chi connectivity index (χ3n) is 5.74. The van der Waals surface area contributed by atoms with Crippen molar-refractivity contribution in [1.82, 2.24) is 4.90 Å². The first kappa shape index (κ1) is 23.1. The Labute approximate surface area is 189 Å². The maximum absolute atomic E-state index is 13.1. The van der Waals surface area contributed by atoms with Crippen molar-refractivity contribution < 1.29 is 19.1 Å². The van der Waals surface area contributed by atoms with Crippen molar-refractivity contribution in [2.24, 2.45) is 0 Å². The number of anilines is 1. The van der Waals surface area contributed by atoms with Crippen LogP contribution in [0.3, 0.4) is 0 Å². The Morgan fingerprint density at radius 3 is 2.59 bits per heavy atom. The topological polar surface area (TPSA) is 82.9 Å². The van der Waals surface area contributed by atoms with Crippen molar-refractivity contribution in [3.05, 3.63) is 54.1 Å². The number of carbonyl (C=O) groups is 2. The highest BCUT2D eigenvalue weighted by Crippen LogP contribution is 2.39. The molecule has 0 aromatic heterocycles. The van der Waals surface area contributed by atoms with Crippen molar-refractivity contribution in [3.63, 3.8) is 0 Å². The summed E-state index contributed by atoms with van der Waals surface area (Å²) in [5.74, 6) is 1.22. The van der Waals surface area contributed by atoms with Crippen LogP contribution in [0.25, 0.3) is 0 Å². The van der Waals surface area contributed by atoms with E-state index in [1.807, 2.05) is 53.4 Å². The Morgan fingerprint density at radius 2 is 1.91 bits per heavy atom. The fourth-order valence-electron chi connectivity index (χ4n) is 4.15. The molecule has 1 unspecified atom stereocenters. The summed E-state index contributed by atoms with van der Waals surface area (Å²) in [6, 6.07) is 16.8. The molecule has 7 heteroatoms. The Hall–Kier alpha value is -3.53. The number of likely N-dealkylation sites (tertiary alicyclic amines) is 1. The number of nitrogens with zero attached hydrogens (tertiary/aromatic N) is 3. The molecule has 7 nitrogen and oxygen atoms in total. The van der Waals surface area contributed by atoms with Gasteiger partial charge in [0.05, 0.1) is 32.8 Å². The van der Waals surface area contributed by atoms with Crippen LogP contribution in [0.1, 0.15) is 43.7 Å². The minimum atomic E-state index is -0.158. The van der Waals surface area contributed by atoms with E-state index in [1.54, 1.807) is 19.1 Å². The second-order valence-corrected chi connectivity index (χ2v) is 7.64. The number of nitriles is 1. The first-order valence-electron chi connectivity index (χ1n) is 10.8. The van der Waals surface area contributed by atoms with Crippen LogP contribution in [-0.4, -0.2) is 44.0 Å². The van der Waals surface area contributed by atoms with Gasteiger partial charge in [-0.1, -0.05) is 18.2 Å². The SMILES string of the molecule is COc1ccc(OC)c(C2CCCN2C(=O)CCC(=O)N(CCC#N)c2ccccc2)c1. The lowest BCUT2D eigenvalue weighted by atomic mass is 10.0. The van der Waals surface area contributed by atoms with Gasteiger partial charge in [-0.15, -0.1) is 0 Å². The van der Waals surface area contributed by atoms with E-state index in [0.29, 0.717) is 18.8 Å². The maximum atomic E-state index is 13.1. The molecule has 32 heavy (non-hydrogen) atoms. The van der Waals surface area contributed by atoms with Gasteiger partial charge in [0.2, 0.25) is 11.8 Å². The van der Waals surface area contributed by atoms with Crippen molar-refractivity contribution in [2.45, 2.75) is 38.1 Å². The second kappa shape index (κ2) is 11.2. The van der Waals surface area contributed by atoms with Crippen LogP contribution in [-0.2, 0) is 9.59 Å². The number of amides is 2. The molecule has 0 N–H and O–H groups in total. The summed E-state index contributed by atoms with van der Waals surface area (Å²) >= 11 is 0. The predicted molar refractivity (Wildman–Crippen MR) is 121 cm³/mol. The molecule has 1 aliphatic rings. The predicted octanol–water partition coefficient (Wildman–Crippen LogP) is 4.09. The van der Waals surface area contributed by atoms with Gasteiger partial charge >= 0.3 is 0 Å². The van der Waals surface area contributed by atoms with Crippen LogP contribution < -0.4 is 14.4 Å². The van der Waals surface area contributed by atoms with Crippen LogP contribution in [0.4, 0.5) is 5.69 Å². The molecule has 1 atom stereocenters. The minimum absolute atomic E-state index is 0.0565. The van der Waals surface area contributed by atoms with E-state index < -0.39 is 0 Å². The molecule has 0 aliphatic carbocycles. The fraction of sp³-hybridized carbons (Fsp3) is 0.400. The largest absolute Gasteiger partial charge is 0.497 e. The summed E-state index contributed by atoms with van der Waals surface area (Å²) in [5.41, 5.74) is 1.66. The lowest BCUT2D eigenvalue weighted by molar-refractivity contribution is -0.134. The third-order valence-corrected chi connectivity index (χ3v) is 5.74. The van der Waals surface area contributed by atoms with Gasteiger partial charge < -0.3 is 19.3 Å². The molecule has 0 saturated carbocycles. The fourth-order valence-corrected chi connectivity index (χ4v) is 4.15. The number of hydrogen-bond donors (Lipinski definition) is 0. The van der Waals surface area contributed by atoms with E-state index in [1.165, 1.54) is 0 Å². The number of ether oxygens (including phenoxy) is 2. The summed E-state index contributed by atoms with van der Waals surface area (Å²) in [6.07, 6.45) is 2.18. The minimum Gasteiger partial charge on any atom is -0.497 e. The molecule has 1 heterocycles. The highest BCUT2D eigenvalue weighted by Gasteiger charge is 2.32. The normalized spacial score (nSPS) is 15.2. The zero-order valence-corrected chi connectivity index (χ0v) is 18.6. The average Bonchev–Trinajstić information content (AvgIpc) is 3.33. The van der Waals surface area contributed by atoms with Gasteiger partial charge in [-0.05, 0) is 43.2 Å². The molecule has 2 aromatic rings. The van der Waals surface area contributed by atoms with E-state index in [2.05, 4.69) is 6.07 Å². The van der Waals surface area contributed by atoms with Gasteiger partial charge in [0, 0.05) is 37.2 Å². The quantitative estimate of drug-likeness (QED) is 0.592. The Kier molecular flexibility index (Phi) is 8.09. The van der Waals surface area contributed by atoms with Gasteiger partial charge in [0.25, 0.3) is 0 Å². The molecule has 1 aliphatic heterocycles. The Morgan fingerprint density at radius 1 is 1.12 bits per heavy atom. The molecular formula is C25H29N3O4. The summed E-state index contributed by atoms with van der Waals surface area (Å²) in [6.45, 7) is 0.954. The van der Waals surface area contributed by atoms with Crippen LogP contribution in [0.2, 0.25) is 0 Å². The van der Waals surface area contributed by atoms with Crippen LogP contribution in [0, 0.1) is 11.3 Å². The van der Waals surface area contributed by atoms with E-state index >= 15 is 0 Å². The molecule has 0 radical (unpaired) electrons. The Bertz CT molecular complexity index is 971. The summed E-state index contributed by atoms with van der Waals surface area (Å²) in [4.78, 5) is 29.4. The van der Waals surface area contributed by atoms with Gasteiger partial charge in [0.1, 0.15) is 11.5 Å². The number of benzene rings is 2. The standard InChI is InChI=1S/C25H29N3O4/c1-31-20-11-12-23(32-2)21(18-20)22-10-6-16-28(22)25(30)14-13-24(29)27(17-7-15-26)19-8-4-3-5-9-19/h3-5,8-9,11-12,18,22H,6-7,10,13-14,16-17H2,1-2H3. The van der Waals surface area contributed by atoms with Crippen molar-refractivity contribution in [1.29, 1.82) is 5.26 Å². The molecule has 0 bridgehead atoms. The van der Waals surface area contributed by atoms with Crippen molar-refractivity contribution in [2.75, 3.05) is 32.2 Å². The van der Waals surface area contributed by atoms with Gasteiger partial charge in [-0.2, -0.15) is 5.26 Å². The average molecular weight is 436 g/mol. The Balaban J connectivity index is 1.69. The lowest BCUT2D eigenvalue weighted by Crippen LogP contribution is -2.35. The second-order valence-electron chi connectivity index (χ2n) is 7.64. The highest BCUT2D eigenvalue weighted by atomic mass is 16.5. The molecule has 1 saturated heterocycles. The molecule has 168 valence electrons. The van der Waals surface area contributed by atoms with Crippen LogP contribution >= 0.6 is 0 Å². The first-order valence-corrected chi connectivity index (χ1v) is 10.8. The maximum Gasteiger partial charge on any atom is 0.227 e. The van der Waals surface area contributed by atoms with Crippen LogP contribution in [0.5, 0.6) is 11.5 Å². The molecule has 3 rings (SSSR count). The molecule has 2 amide bonds. The van der Waals surface area contributed by atoms with Crippen LogP contribution in [0.15, 0.2) is 48.5 Å². The van der Waals surface area contributed by atoms with E-state index in [9.17, 15) is 9.59 Å². The van der Waals surface area contributed by atoms with Gasteiger partial charge in [-0.3, -0.25) is 9.59 Å². The van der Waals surface area contributed by atoms with E-state index in [-0.39, 0.29) is 37.1 Å². The monoisotopic (exact) mass is 435 g/mol. The smallest absolute Gasteiger partial charge is 0.227 e. The number of methoxy groups -OCH3 is 2. The summed E-state index contributed by atoms with van der Waals surface area (Å²) in [7, 11) is 3.23. The molecule has 1 fully saturated rings. The van der Waals surface area contributed by atoms with E-state index in [0.717, 1.165) is 29.8 Å². The zero-order chi connectivity index (χ0) is 22.9. The lowest BCUT2D eigenvalue weighted by Gasteiger charge is -2.27. The van der Waals surface area contributed by atoms with E-state index in [4.69, 9.17) is 14.7 Å². The van der Waals surface area contributed by atoms with Crippen molar-refractivity contribution >= 4 is 17.5 Å². The van der Waals surface area contributed by atoms with Gasteiger partial charge in [0.15, 0.2) is 0 Å². The summed E-state index contributed by atoms with van der Waals surface area (Å²) < 4.78 is 10.9. The summed E-state index contributed by atoms with van der Waals surface area (Å²) in [5, 5.41) is 8.96. The molecular weight excluding hydrogens is 406 g/mol. The van der Waals surface area contributed by atoms with Gasteiger partial charge in [-0.25, -0.2) is 0 Å². The number of hydrogen-bond acceptors (Lipinski definition) is 5. The first-order chi connectivity index (χ1) is 15.6.